The molecule has 3 nitrogen and oxygen atoms in total. The first-order chi connectivity index (χ1) is 10.1. The van der Waals surface area contributed by atoms with Gasteiger partial charge in [0.05, 0.1) is 4.99 Å². The number of nitrogens with two attached hydrogens (primary N) is 1. The van der Waals surface area contributed by atoms with Crippen LogP contribution in [0.25, 0.3) is 0 Å². The Hall–Kier alpha value is -1.72. The number of thiocarbonyl (C=S) groups is 1. The molecule has 0 spiro atoms. The third-order valence-corrected chi connectivity index (χ3v) is 3.82. The molecule has 0 saturated heterocycles. The predicted molar refractivity (Wildman–Crippen MR) is 92.0 cm³/mol. The summed E-state index contributed by atoms with van der Waals surface area (Å²) in [5.41, 5.74) is 7.54. The van der Waals surface area contributed by atoms with Crippen molar-refractivity contribution >= 4 is 39.0 Å². The second-order valence-corrected chi connectivity index (χ2v) is 5.98. The Morgan fingerprint density at radius 2 is 1.76 bits per heavy atom. The van der Waals surface area contributed by atoms with E-state index in [9.17, 15) is 4.79 Å². The molecule has 5 heteroatoms. The molecule has 0 heterocycles. The van der Waals surface area contributed by atoms with Crippen molar-refractivity contribution in [2.75, 3.05) is 0 Å². The first-order valence-electron chi connectivity index (χ1n) is 6.44. The highest BCUT2D eigenvalue weighted by atomic mass is 79.9. The monoisotopic (exact) mass is 362 g/mol. The summed E-state index contributed by atoms with van der Waals surface area (Å²) in [6.45, 7) is 0.443. The summed E-state index contributed by atoms with van der Waals surface area (Å²) in [6, 6.07) is 17.1. The predicted octanol–water partition coefficient (Wildman–Crippen LogP) is 3.14. The van der Waals surface area contributed by atoms with Crippen LogP contribution < -0.4 is 11.1 Å². The first-order valence-corrected chi connectivity index (χ1v) is 7.64. The maximum absolute atomic E-state index is 12.3. The second kappa shape index (κ2) is 7.33. The van der Waals surface area contributed by atoms with Crippen molar-refractivity contribution in [3.63, 3.8) is 0 Å². The fourth-order valence-electron chi connectivity index (χ4n) is 1.98. The van der Waals surface area contributed by atoms with Crippen LogP contribution >= 0.6 is 28.1 Å². The summed E-state index contributed by atoms with van der Waals surface area (Å²) in [4.78, 5) is 12.5. The van der Waals surface area contributed by atoms with Crippen molar-refractivity contribution in [2.45, 2.75) is 12.5 Å². The topological polar surface area (TPSA) is 55.1 Å². The Morgan fingerprint density at radius 1 is 1.14 bits per heavy atom. The Kier molecular flexibility index (Phi) is 5.47. The first kappa shape index (κ1) is 15.7. The van der Waals surface area contributed by atoms with E-state index in [-0.39, 0.29) is 10.9 Å². The van der Waals surface area contributed by atoms with Gasteiger partial charge in [-0.2, -0.15) is 0 Å². The molecule has 0 aliphatic carbocycles. The number of benzene rings is 2. The van der Waals surface area contributed by atoms with E-state index >= 15 is 0 Å². The molecule has 108 valence electrons. The van der Waals surface area contributed by atoms with Crippen LogP contribution in [0, 0.1) is 0 Å². The van der Waals surface area contributed by atoms with E-state index in [0.717, 1.165) is 15.6 Å². The SMILES string of the molecule is NC(=S)C(C(=O)NCc1ccc(Br)cc1)c1ccccc1. The molecule has 1 unspecified atom stereocenters. The van der Waals surface area contributed by atoms with Crippen LogP contribution in [0.1, 0.15) is 17.0 Å². The van der Waals surface area contributed by atoms with Crippen LogP contribution in [0.2, 0.25) is 0 Å². The second-order valence-electron chi connectivity index (χ2n) is 4.59. The number of rotatable bonds is 5. The van der Waals surface area contributed by atoms with Crippen LogP contribution in [-0.4, -0.2) is 10.9 Å². The Morgan fingerprint density at radius 3 is 2.33 bits per heavy atom. The molecule has 3 N–H and O–H groups in total. The third-order valence-electron chi connectivity index (χ3n) is 3.06. The van der Waals surface area contributed by atoms with Gasteiger partial charge in [-0.15, -0.1) is 0 Å². The van der Waals surface area contributed by atoms with Crippen LogP contribution in [0.5, 0.6) is 0 Å². The average molecular weight is 363 g/mol. The van der Waals surface area contributed by atoms with Gasteiger partial charge in [0, 0.05) is 11.0 Å². The Bertz CT molecular complexity index is 628. The van der Waals surface area contributed by atoms with Crippen molar-refractivity contribution in [3.05, 3.63) is 70.2 Å². The highest BCUT2D eigenvalue weighted by Crippen LogP contribution is 2.17. The van der Waals surface area contributed by atoms with Crippen LogP contribution in [0.3, 0.4) is 0 Å². The summed E-state index contributed by atoms with van der Waals surface area (Å²) in [5, 5.41) is 2.88. The summed E-state index contributed by atoms with van der Waals surface area (Å²) in [5.74, 6) is -0.784. The van der Waals surface area contributed by atoms with Gasteiger partial charge in [-0.05, 0) is 23.3 Å². The van der Waals surface area contributed by atoms with E-state index in [1.165, 1.54) is 0 Å². The van der Waals surface area contributed by atoms with E-state index in [1.54, 1.807) is 0 Å². The molecular formula is C16H15BrN2OS. The van der Waals surface area contributed by atoms with Crippen LogP contribution in [0.4, 0.5) is 0 Å². The Labute approximate surface area is 137 Å². The summed E-state index contributed by atoms with van der Waals surface area (Å²) in [6.07, 6.45) is 0. The number of carbonyl (C=O) groups excluding carboxylic acids is 1. The third kappa shape index (κ3) is 4.37. The number of halogens is 1. The van der Waals surface area contributed by atoms with Crippen molar-refractivity contribution in [1.29, 1.82) is 0 Å². The van der Waals surface area contributed by atoms with E-state index in [1.807, 2.05) is 54.6 Å². The van der Waals surface area contributed by atoms with Crippen molar-refractivity contribution in [2.24, 2.45) is 5.73 Å². The van der Waals surface area contributed by atoms with Crippen molar-refractivity contribution in [1.82, 2.24) is 5.32 Å². The van der Waals surface area contributed by atoms with E-state index in [0.29, 0.717) is 6.54 Å². The number of carbonyl (C=O) groups is 1. The minimum Gasteiger partial charge on any atom is -0.392 e. The summed E-state index contributed by atoms with van der Waals surface area (Å²) < 4.78 is 1.00. The minimum absolute atomic E-state index is 0.175. The largest absolute Gasteiger partial charge is 0.392 e. The maximum Gasteiger partial charge on any atom is 0.234 e. The zero-order valence-electron chi connectivity index (χ0n) is 11.3. The molecule has 0 aliphatic rings. The molecule has 1 atom stereocenters. The highest BCUT2D eigenvalue weighted by molar-refractivity contribution is 9.10. The molecule has 0 fully saturated rings. The number of amides is 1. The molecule has 0 aliphatic heterocycles. The number of nitrogens with one attached hydrogen (secondary N) is 1. The molecule has 0 saturated carbocycles. The maximum atomic E-state index is 12.3. The summed E-state index contributed by atoms with van der Waals surface area (Å²) in [7, 11) is 0. The van der Waals surface area contributed by atoms with E-state index in [2.05, 4.69) is 21.2 Å². The van der Waals surface area contributed by atoms with Gasteiger partial charge < -0.3 is 11.1 Å². The fourth-order valence-corrected chi connectivity index (χ4v) is 2.49. The summed E-state index contributed by atoms with van der Waals surface area (Å²) >= 11 is 8.41. The molecule has 1 amide bonds. The Balaban J connectivity index is 2.06. The molecule has 21 heavy (non-hydrogen) atoms. The lowest BCUT2D eigenvalue weighted by Crippen LogP contribution is -2.35. The van der Waals surface area contributed by atoms with Gasteiger partial charge in [0.1, 0.15) is 5.92 Å². The zero-order chi connectivity index (χ0) is 15.2. The molecular weight excluding hydrogens is 348 g/mol. The zero-order valence-corrected chi connectivity index (χ0v) is 13.7. The number of hydrogen-bond acceptors (Lipinski definition) is 2. The van der Waals surface area contributed by atoms with Gasteiger partial charge in [-0.25, -0.2) is 0 Å². The van der Waals surface area contributed by atoms with Crippen LogP contribution in [-0.2, 0) is 11.3 Å². The smallest absolute Gasteiger partial charge is 0.234 e. The van der Waals surface area contributed by atoms with Gasteiger partial charge in [-0.1, -0.05) is 70.6 Å². The highest BCUT2D eigenvalue weighted by Gasteiger charge is 2.22. The van der Waals surface area contributed by atoms with Gasteiger partial charge in [-0.3, -0.25) is 4.79 Å². The van der Waals surface area contributed by atoms with Gasteiger partial charge in [0.25, 0.3) is 0 Å². The normalized spacial score (nSPS) is 11.7. The van der Waals surface area contributed by atoms with E-state index < -0.39 is 5.92 Å². The quantitative estimate of drug-likeness (QED) is 0.803. The van der Waals surface area contributed by atoms with Crippen molar-refractivity contribution < 1.29 is 4.79 Å². The molecule has 2 aromatic rings. The lowest BCUT2D eigenvalue weighted by molar-refractivity contribution is -0.121. The van der Waals surface area contributed by atoms with Gasteiger partial charge in [0.2, 0.25) is 5.91 Å². The standard InChI is InChI=1S/C16H15BrN2OS/c17-13-8-6-11(7-9-13)10-19-16(20)14(15(18)21)12-4-2-1-3-5-12/h1-9,14H,10H2,(H2,18,21)(H,19,20). The average Bonchev–Trinajstić information content (AvgIpc) is 2.47. The molecule has 2 rings (SSSR count). The van der Waals surface area contributed by atoms with E-state index in [4.69, 9.17) is 18.0 Å². The van der Waals surface area contributed by atoms with Gasteiger partial charge in [0.15, 0.2) is 0 Å². The molecule has 0 radical (unpaired) electrons. The number of hydrogen-bond donors (Lipinski definition) is 2. The lowest BCUT2D eigenvalue weighted by atomic mass is 9.98. The fraction of sp³-hybridized carbons (Fsp3) is 0.125. The van der Waals surface area contributed by atoms with Gasteiger partial charge >= 0.3 is 0 Å². The molecule has 0 bridgehead atoms. The van der Waals surface area contributed by atoms with Crippen LogP contribution in [0.15, 0.2) is 59.1 Å². The molecule has 0 aromatic heterocycles. The molecule has 2 aromatic carbocycles. The minimum atomic E-state index is -0.600. The lowest BCUT2D eigenvalue weighted by Gasteiger charge is -2.16. The van der Waals surface area contributed by atoms with Crippen molar-refractivity contribution in [3.8, 4) is 0 Å².